The molecular weight excluding hydrogens is 329 g/mol. The van der Waals surface area contributed by atoms with E-state index in [2.05, 4.69) is 9.97 Å². The second kappa shape index (κ2) is 5.81. The molecule has 0 unspecified atom stereocenters. The standard InChI is InChI=1S/C15H24N5O3P/c1-14(2)9-13(10-15(3,4)20(14)21)23-24(22,18-7-5-16-11-18)19-8-6-17-12-19/h5-8,11-13,21H,9-10H2,1-4H3. The van der Waals surface area contributed by atoms with Gasteiger partial charge in [0.15, 0.2) is 0 Å². The van der Waals surface area contributed by atoms with Gasteiger partial charge in [-0.2, -0.15) is 5.06 Å². The zero-order valence-electron chi connectivity index (χ0n) is 14.4. The van der Waals surface area contributed by atoms with Crippen LogP contribution in [0.4, 0.5) is 0 Å². The first kappa shape index (κ1) is 17.4. The average molecular weight is 353 g/mol. The van der Waals surface area contributed by atoms with Gasteiger partial charge >= 0.3 is 7.67 Å². The van der Waals surface area contributed by atoms with Gasteiger partial charge in [-0.3, -0.25) is 4.52 Å². The first-order valence-electron chi connectivity index (χ1n) is 7.90. The summed E-state index contributed by atoms with van der Waals surface area (Å²) in [6.07, 6.45) is 10.2. The maximum atomic E-state index is 13.7. The molecule has 1 saturated heterocycles. The van der Waals surface area contributed by atoms with Gasteiger partial charge in [0.1, 0.15) is 12.7 Å². The molecule has 0 atom stereocenters. The van der Waals surface area contributed by atoms with E-state index in [1.165, 1.54) is 26.4 Å². The van der Waals surface area contributed by atoms with Crippen LogP contribution < -0.4 is 0 Å². The lowest BCUT2D eigenvalue weighted by Gasteiger charge is -2.51. The maximum absolute atomic E-state index is 13.7. The highest BCUT2D eigenvalue weighted by molar-refractivity contribution is 7.55. The summed E-state index contributed by atoms with van der Waals surface area (Å²) in [6, 6.07) is 0. The Kier molecular flexibility index (Phi) is 4.20. The Hall–Kier alpha value is -1.47. The molecule has 0 saturated carbocycles. The first-order valence-corrected chi connectivity index (χ1v) is 9.43. The molecule has 0 amide bonds. The highest BCUT2D eigenvalue weighted by Gasteiger charge is 2.47. The van der Waals surface area contributed by atoms with E-state index in [0.717, 1.165) is 0 Å². The van der Waals surface area contributed by atoms with Crippen LogP contribution in [-0.2, 0) is 9.09 Å². The lowest BCUT2D eigenvalue weighted by Crippen LogP contribution is -2.60. The highest BCUT2D eigenvalue weighted by Crippen LogP contribution is 2.53. The van der Waals surface area contributed by atoms with E-state index in [4.69, 9.17) is 4.52 Å². The van der Waals surface area contributed by atoms with Gasteiger partial charge in [0, 0.05) is 35.9 Å². The molecular formula is C15H24N5O3P. The number of hydrogen-bond acceptors (Lipinski definition) is 6. The zero-order valence-corrected chi connectivity index (χ0v) is 15.3. The van der Waals surface area contributed by atoms with Crippen molar-refractivity contribution in [1.29, 1.82) is 0 Å². The van der Waals surface area contributed by atoms with Gasteiger partial charge < -0.3 is 5.21 Å². The summed E-state index contributed by atoms with van der Waals surface area (Å²) in [5.41, 5.74) is -0.970. The molecule has 1 aliphatic rings. The van der Waals surface area contributed by atoms with Crippen LogP contribution in [0, 0.1) is 0 Å². The number of rotatable bonds is 4. The van der Waals surface area contributed by atoms with Crippen LogP contribution in [-0.4, -0.2) is 46.1 Å². The minimum absolute atomic E-state index is 0.283. The van der Waals surface area contributed by atoms with Crippen LogP contribution in [0.3, 0.4) is 0 Å². The first-order chi connectivity index (χ1) is 11.2. The van der Waals surface area contributed by atoms with E-state index in [0.29, 0.717) is 12.8 Å². The Morgan fingerprint density at radius 3 is 1.88 bits per heavy atom. The van der Waals surface area contributed by atoms with E-state index < -0.39 is 18.7 Å². The molecule has 1 N–H and O–H groups in total. The third-order valence-corrected chi connectivity index (χ3v) is 6.67. The van der Waals surface area contributed by atoms with Crippen molar-refractivity contribution in [3.63, 3.8) is 0 Å². The van der Waals surface area contributed by atoms with Crippen LogP contribution in [0.2, 0.25) is 0 Å². The normalized spacial score (nSPS) is 21.9. The van der Waals surface area contributed by atoms with Crippen LogP contribution in [0.5, 0.6) is 0 Å². The van der Waals surface area contributed by atoms with Crippen molar-refractivity contribution in [3.05, 3.63) is 37.4 Å². The Bertz CT molecular complexity index is 670. The fourth-order valence-electron chi connectivity index (χ4n) is 3.48. The van der Waals surface area contributed by atoms with Crippen molar-refractivity contribution in [2.24, 2.45) is 0 Å². The van der Waals surface area contributed by atoms with Crippen LogP contribution in [0.15, 0.2) is 37.4 Å². The Labute approximate surface area is 141 Å². The fourth-order valence-corrected chi connectivity index (χ4v) is 5.31. The lowest BCUT2D eigenvalue weighted by molar-refractivity contribution is -0.255. The average Bonchev–Trinajstić information content (AvgIpc) is 3.17. The summed E-state index contributed by atoms with van der Waals surface area (Å²) < 4.78 is 22.8. The van der Waals surface area contributed by atoms with Crippen molar-refractivity contribution < 1.29 is 14.3 Å². The summed E-state index contributed by atoms with van der Waals surface area (Å²) in [5.74, 6) is 0. The second-order valence-corrected chi connectivity index (χ2v) is 9.56. The van der Waals surface area contributed by atoms with Gasteiger partial charge in [0.25, 0.3) is 0 Å². The molecule has 0 radical (unpaired) electrons. The molecule has 1 fully saturated rings. The summed E-state index contributed by atoms with van der Waals surface area (Å²) in [6.45, 7) is 7.79. The van der Waals surface area contributed by atoms with Gasteiger partial charge in [0.2, 0.25) is 0 Å². The SMILES string of the molecule is CC1(C)CC(OP(=O)(n2ccnc2)n2ccnc2)CC(C)(C)N1O. The number of imidazole rings is 2. The van der Waals surface area contributed by atoms with Gasteiger partial charge in [0.05, 0.1) is 6.10 Å². The molecule has 0 aliphatic carbocycles. The van der Waals surface area contributed by atoms with E-state index in [1.54, 1.807) is 24.8 Å². The maximum Gasteiger partial charge on any atom is 0.406 e. The number of hydroxylamine groups is 2. The van der Waals surface area contributed by atoms with Gasteiger partial charge in [-0.25, -0.2) is 23.2 Å². The largest absolute Gasteiger partial charge is 0.406 e. The molecule has 1 aliphatic heterocycles. The smallest absolute Gasteiger partial charge is 0.313 e. The molecule has 0 aromatic carbocycles. The minimum Gasteiger partial charge on any atom is -0.313 e. The summed E-state index contributed by atoms with van der Waals surface area (Å²) in [7, 11) is -3.42. The molecule has 8 nitrogen and oxygen atoms in total. The molecule has 2 aromatic heterocycles. The summed E-state index contributed by atoms with van der Waals surface area (Å²) in [4.78, 5) is 7.98. The van der Waals surface area contributed by atoms with Crippen molar-refractivity contribution in [2.45, 2.75) is 57.7 Å². The third kappa shape index (κ3) is 2.95. The monoisotopic (exact) mass is 353 g/mol. The molecule has 0 spiro atoms. The van der Waals surface area contributed by atoms with Crippen molar-refractivity contribution in [1.82, 2.24) is 23.7 Å². The third-order valence-electron chi connectivity index (χ3n) is 4.45. The Morgan fingerprint density at radius 2 is 1.50 bits per heavy atom. The molecule has 2 aromatic rings. The number of nitrogens with zero attached hydrogens (tertiary/aromatic N) is 5. The van der Waals surface area contributed by atoms with E-state index in [-0.39, 0.29) is 6.10 Å². The van der Waals surface area contributed by atoms with Gasteiger partial charge in [-0.15, -0.1) is 0 Å². The molecule has 3 rings (SSSR count). The highest BCUT2D eigenvalue weighted by atomic mass is 31.2. The van der Waals surface area contributed by atoms with Gasteiger partial charge in [-0.1, -0.05) is 0 Å². The predicted molar refractivity (Wildman–Crippen MR) is 88.7 cm³/mol. The van der Waals surface area contributed by atoms with E-state index >= 15 is 0 Å². The van der Waals surface area contributed by atoms with E-state index in [9.17, 15) is 9.77 Å². The molecule has 132 valence electrons. The van der Waals surface area contributed by atoms with Gasteiger partial charge in [-0.05, 0) is 40.5 Å². The van der Waals surface area contributed by atoms with Crippen LogP contribution in [0.1, 0.15) is 40.5 Å². The number of piperidine rings is 1. The molecule has 9 heteroatoms. The summed E-state index contributed by atoms with van der Waals surface area (Å²) >= 11 is 0. The quantitative estimate of drug-likeness (QED) is 0.851. The number of hydrogen-bond donors (Lipinski definition) is 1. The minimum atomic E-state index is -3.42. The van der Waals surface area contributed by atoms with E-state index in [1.807, 2.05) is 27.7 Å². The molecule has 0 bridgehead atoms. The fraction of sp³-hybridized carbons (Fsp3) is 0.600. The Morgan fingerprint density at radius 1 is 1.04 bits per heavy atom. The Balaban J connectivity index is 1.94. The lowest BCUT2D eigenvalue weighted by atomic mass is 9.80. The molecule has 3 heterocycles. The van der Waals surface area contributed by atoms with Crippen molar-refractivity contribution in [2.75, 3.05) is 0 Å². The van der Waals surface area contributed by atoms with Crippen LogP contribution >= 0.6 is 7.67 Å². The summed E-state index contributed by atoms with van der Waals surface area (Å²) in [5, 5.41) is 11.8. The zero-order chi connectivity index (χ0) is 17.6. The van der Waals surface area contributed by atoms with Crippen LogP contribution in [0.25, 0.3) is 0 Å². The van der Waals surface area contributed by atoms with Crippen molar-refractivity contribution in [3.8, 4) is 0 Å². The number of aromatic nitrogens is 4. The predicted octanol–water partition coefficient (Wildman–Crippen LogP) is 3.01. The van der Waals surface area contributed by atoms with Crippen molar-refractivity contribution >= 4 is 7.67 Å². The second-order valence-electron chi connectivity index (χ2n) is 7.45. The molecule has 24 heavy (non-hydrogen) atoms. The topological polar surface area (TPSA) is 85.4 Å².